The number of anilines is 1. The summed E-state index contributed by atoms with van der Waals surface area (Å²) >= 11 is 0. The van der Waals surface area contributed by atoms with E-state index in [0.29, 0.717) is 31.4 Å². The summed E-state index contributed by atoms with van der Waals surface area (Å²) in [5, 5.41) is 15.7. The van der Waals surface area contributed by atoms with Gasteiger partial charge in [0.25, 0.3) is 11.8 Å². The zero-order valence-electron chi connectivity index (χ0n) is 58.6. The first-order valence-electron chi connectivity index (χ1n) is 32.9. The van der Waals surface area contributed by atoms with E-state index in [1.165, 1.54) is 32.2 Å². The van der Waals surface area contributed by atoms with Gasteiger partial charge in [-0.15, -0.1) is 0 Å². The highest BCUT2D eigenvalue weighted by Crippen LogP contribution is 2.31. The van der Waals surface area contributed by atoms with Crippen LogP contribution in [0.3, 0.4) is 0 Å². The van der Waals surface area contributed by atoms with Gasteiger partial charge in [0.2, 0.25) is 41.4 Å². The largest absolute Gasteiger partial charge is 0.744 e. The number of hydrogen-bond acceptors (Lipinski definition) is 19. The number of rotatable bonds is 39. The zero-order chi connectivity index (χ0) is 73.5. The number of hydrogen-bond donors (Lipinski definition) is 7. The van der Waals surface area contributed by atoms with Crippen LogP contribution in [0.25, 0.3) is 0 Å². The summed E-state index contributed by atoms with van der Waals surface area (Å²) in [7, 11) is 0.374. The van der Waals surface area contributed by atoms with E-state index in [-0.39, 0.29) is 80.8 Å². The molecule has 12 amide bonds. The lowest BCUT2D eigenvalue weighted by Gasteiger charge is -2.41. The number of likely N-dealkylation sites (tertiary alicyclic amines) is 1. The van der Waals surface area contributed by atoms with E-state index in [2.05, 4.69) is 31.9 Å². The molecule has 2 aromatic rings. The van der Waals surface area contributed by atoms with Crippen LogP contribution in [0, 0.1) is 29.6 Å². The average molecular weight is 1400 g/mol. The molecule has 544 valence electrons. The summed E-state index contributed by atoms with van der Waals surface area (Å²) in [5.41, 5.74) is 5.10. The van der Waals surface area contributed by atoms with Crippen LogP contribution in [0.4, 0.5) is 15.3 Å². The highest BCUT2D eigenvalue weighted by atomic mass is 32.2. The summed E-state index contributed by atoms with van der Waals surface area (Å²) in [4.78, 5) is 164. The van der Waals surface area contributed by atoms with Crippen molar-refractivity contribution in [2.75, 3.05) is 66.5 Å². The molecule has 0 spiro atoms. The number of ketones is 1. The Kier molecular flexibility index (Phi) is 32.4. The average Bonchev–Trinajstić information content (AvgIpc) is 1.20. The quantitative estimate of drug-likeness (QED) is 0.0219. The molecule has 8 N–H and O–H groups in total. The van der Waals surface area contributed by atoms with Gasteiger partial charge < -0.3 is 70.9 Å². The Morgan fingerprint density at radius 3 is 1.97 bits per heavy atom. The lowest BCUT2D eigenvalue weighted by molar-refractivity contribution is -0.148. The summed E-state index contributed by atoms with van der Waals surface area (Å²) in [5.74, 6) is -8.20. The predicted octanol–water partition coefficient (Wildman–Crippen LogP) is 2.98. The Morgan fingerprint density at radius 2 is 1.40 bits per heavy atom. The van der Waals surface area contributed by atoms with Crippen molar-refractivity contribution in [2.45, 2.75) is 180 Å². The van der Waals surface area contributed by atoms with Crippen molar-refractivity contribution in [1.82, 2.24) is 46.2 Å². The topological polar surface area (TPSA) is 410 Å². The number of benzene rings is 2. The third-order valence-corrected chi connectivity index (χ3v) is 18.5. The molecule has 1 fully saturated rings. The van der Waals surface area contributed by atoms with E-state index in [1.54, 1.807) is 97.7 Å². The normalized spacial score (nSPS) is 17.0. The molecule has 0 saturated carbocycles. The van der Waals surface area contributed by atoms with Crippen molar-refractivity contribution in [3.63, 3.8) is 0 Å². The Balaban J connectivity index is 1.45. The Morgan fingerprint density at radius 1 is 0.755 bits per heavy atom. The second-order valence-electron chi connectivity index (χ2n) is 25.7. The molecule has 98 heavy (non-hydrogen) atoms. The van der Waals surface area contributed by atoms with E-state index in [1.807, 2.05) is 13.8 Å². The number of amides is 12. The molecule has 9 unspecified atom stereocenters. The first-order chi connectivity index (χ1) is 46.1. The van der Waals surface area contributed by atoms with Crippen LogP contribution in [0.2, 0.25) is 0 Å². The summed E-state index contributed by atoms with van der Waals surface area (Å²) in [6, 6.07) is 3.79. The SMILES string of the molecule is CCC(C)C(C(CC(=O)N1CCCC1C(OC)C(C)C(=O)NC(C)C(=O)c1ccccc1)OC)N(C)C(=O)[C@@H](NC(=O)C(C(C)C)N(C)C(=O)OCc1ccc(NC(=O)[C@H](CCCNC(N)=O)NC(=O)C(NC(=O)CCOCCN2C(=O)C=CC2=O)C(C)C)cc1S(=O)(=O)[O-])C(C)C. The molecule has 2 aliphatic rings. The van der Waals surface area contributed by atoms with Gasteiger partial charge in [0.05, 0.1) is 67.3 Å². The van der Waals surface area contributed by atoms with Crippen LogP contribution in [-0.2, 0) is 78.8 Å². The number of carbonyl (C=O) groups is 12. The molecule has 11 atom stereocenters. The van der Waals surface area contributed by atoms with Crippen LogP contribution < -0.4 is 37.6 Å². The van der Waals surface area contributed by atoms with Gasteiger partial charge in [-0.25, -0.2) is 18.0 Å². The van der Waals surface area contributed by atoms with E-state index in [0.717, 1.165) is 34.1 Å². The van der Waals surface area contributed by atoms with Gasteiger partial charge in [0.15, 0.2) is 5.78 Å². The van der Waals surface area contributed by atoms with E-state index >= 15 is 0 Å². The van der Waals surface area contributed by atoms with Crippen LogP contribution in [0.5, 0.6) is 0 Å². The number of primary amides is 1. The van der Waals surface area contributed by atoms with Crippen LogP contribution in [0.1, 0.15) is 130 Å². The Labute approximate surface area is 574 Å². The molecule has 1 saturated heterocycles. The maximum absolute atomic E-state index is 14.8. The number of likely N-dealkylation sites (N-methyl/N-ethyl adjacent to an activating group) is 2. The van der Waals surface area contributed by atoms with Crippen molar-refractivity contribution in [3.8, 4) is 0 Å². The third-order valence-electron chi connectivity index (χ3n) is 17.6. The number of Topliss-reactive ketones (excluding diaryl/α,β-unsaturated/α-hetero) is 1. The third kappa shape index (κ3) is 23.4. The fourth-order valence-corrected chi connectivity index (χ4v) is 12.7. The standard InChI is InChI=1S/C67H101N11O19S/c1-15-41(8)58(49(94-13)36-54(82)77-31-20-24-48(77)60(95-14)42(9)61(84)70-43(10)59(83)44-21-17-16-18-22-44)75(11)65(88)56(39(4)5)74-64(87)57(40(6)7)76(12)67(90)97-37-45-25-26-46(35-50(45)98(91,92)93)71-62(85)47(23-19-30-69-66(68)89)72-63(86)55(38(2)3)73-51(79)29-33-96-34-32-78-52(80)27-28-53(78)81/h16-18,21-22,25-28,35,38-43,47-49,55-58,60H,15,19-20,23-24,29-34,36-37H2,1-14H3,(H,70,84)(H,71,85)(H,72,86)(H,73,79)(H,74,87)(H3,68,69,89)(H,91,92,93)/p-1/t41?,42?,43?,47-,48?,49?,55?,56-,57?,58?,60?/m0/s1. The number of carbonyl (C=O) groups excluding carboxylic acids is 12. The number of urea groups is 1. The minimum absolute atomic E-state index is 0.0242. The van der Waals surface area contributed by atoms with Crippen LogP contribution in [-0.4, -0.2) is 219 Å². The second kappa shape index (κ2) is 38.7. The number of methoxy groups -OCH3 is 2. The molecule has 4 rings (SSSR count). The maximum atomic E-state index is 14.8. The van der Waals surface area contributed by atoms with E-state index < -0.39 is 159 Å². The van der Waals surface area contributed by atoms with Crippen LogP contribution >= 0.6 is 0 Å². The molecule has 0 radical (unpaired) electrons. The highest BCUT2D eigenvalue weighted by molar-refractivity contribution is 7.85. The summed E-state index contributed by atoms with van der Waals surface area (Å²) in [6.45, 7) is 16.5. The molecule has 2 aromatic carbocycles. The van der Waals surface area contributed by atoms with Gasteiger partial charge in [-0.05, 0) is 68.4 Å². The van der Waals surface area contributed by atoms with E-state index in [9.17, 15) is 70.5 Å². The van der Waals surface area contributed by atoms with Crippen molar-refractivity contribution in [2.24, 2.45) is 35.3 Å². The highest BCUT2D eigenvalue weighted by Gasteiger charge is 2.44. The van der Waals surface area contributed by atoms with Gasteiger partial charge in [-0.3, -0.25) is 57.7 Å². The van der Waals surface area contributed by atoms with Crippen molar-refractivity contribution < 1.29 is 89.5 Å². The molecule has 30 nitrogen and oxygen atoms in total. The minimum Gasteiger partial charge on any atom is -0.744 e. The fraction of sp³-hybridized carbons (Fsp3) is 0.612. The van der Waals surface area contributed by atoms with Crippen LogP contribution in [0.15, 0.2) is 65.6 Å². The summed E-state index contributed by atoms with van der Waals surface area (Å²) in [6.07, 6.45) is 0.840. The van der Waals surface area contributed by atoms with Crippen molar-refractivity contribution in [1.29, 1.82) is 0 Å². The van der Waals surface area contributed by atoms with E-state index in [4.69, 9.17) is 24.7 Å². The smallest absolute Gasteiger partial charge is 0.410 e. The lowest BCUT2D eigenvalue weighted by Crippen LogP contribution is -2.60. The number of nitrogens with one attached hydrogen (secondary N) is 6. The Hall–Kier alpha value is -8.39. The zero-order valence-corrected chi connectivity index (χ0v) is 59.4. The maximum Gasteiger partial charge on any atom is 0.410 e. The second-order valence-corrected chi connectivity index (χ2v) is 27.1. The number of imide groups is 1. The Bertz CT molecular complexity index is 3260. The van der Waals surface area contributed by atoms with Crippen molar-refractivity contribution in [3.05, 3.63) is 71.8 Å². The molecule has 31 heteroatoms. The predicted molar refractivity (Wildman–Crippen MR) is 358 cm³/mol. The van der Waals surface area contributed by atoms with Gasteiger partial charge in [-0.2, -0.15) is 0 Å². The number of ether oxygens (including phenoxy) is 4. The van der Waals surface area contributed by atoms with Gasteiger partial charge in [-0.1, -0.05) is 105 Å². The lowest BCUT2D eigenvalue weighted by atomic mass is 9.89. The van der Waals surface area contributed by atoms with Crippen molar-refractivity contribution >= 4 is 86.9 Å². The fourth-order valence-electron chi connectivity index (χ4n) is 11.9. The molecule has 0 aromatic heterocycles. The molecular weight excluding hydrogens is 1290 g/mol. The number of nitrogens with zero attached hydrogens (tertiary/aromatic N) is 4. The molecule has 0 aliphatic carbocycles. The van der Waals surface area contributed by atoms with Gasteiger partial charge in [0, 0.05) is 76.8 Å². The molecule has 2 heterocycles. The molecule has 2 aliphatic heterocycles. The monoisotopic (exact) mass is 1390 g/mol. The first-order valence-corrected chi connectivity index (χ1v) is 34.4. The first kappa shape index (κ1) is 82.0. The minimum atomic E-state index is -5.37. The van der Waals surface area contributed by atoms with Gasteiger partial charge >= 0.3 is 12.1 Å². The number of nitrogens with two attached hydrogens (primary N) is 1. The molecule has 0 bridgehead atoms. The molecular formula is C67H100N11O19S-. The summed E-state index contributed by atoms with van der Waals surface area (Å²) < 4.78 is 61.4. The van der Waals surface area contributed by atoms with Gasteiger partial charge in [0.1, 0.15) is 40.9 Å².